The number of allylic oxidation sites excluding steroid dienone is 2. The highest BCUT2D eigenvalue weighted by Crippen LogP contribution is 2.76. The minimum Gasteiger partial charge on any atom is -0.432 e. The smallest absolute Gasteiger partial charge is 0.315 e. The van der Waals surface area contributed by atoms with Crippen LogP contribution in [0.25, 0.3) is 0 Å². The molecule has 10 aliphatic rings. The van der Waals surface area contributed by atoms with E-state index < -0.39 is 196 Å². The first-order chi connectivity index (χ1) is 40.4. The standard InChI is InChI=1S/C59H96O27/c1-24-34(64)38(68)42(72)49(79-24)84-46-29(20-61)81-48(45(75)41(46)71)78-22-30-37(67)40(70)44(74)51(82-30)86-53(76)59-16-14-54(2,3)18-26(59)25-8-9-32-55(4)12-11-33(56(5,23-62)31(55)10-13-58(32,7)57(25,6)15-17-59)83-52-47(35(65)27(63)21-77-52)85-50-43(73)39(69)36(66)28(19-60)80-50/h8,24,26-52,60-75H,9-23H2,1-7H3/t24-,26-,27-,28+,29+,30+,31+,32+,33+,34-,35-,36+,37+,38+,39-,40-,41+,42+,43+,44+,45+,46+,47+,48+,49-,50-,51-,52-,55-,56-,57+,58+,59+/m0/s1. The van der Waals surface area contributed by atoms with Gasteiger partial charge in [-0.2, -0.15) is 0 Å². The Morgan fingerprint density at radius 3 is 1.80 bits per heavy atom. The van der Waals surface area contributed by atoms with Crippen molar-refractivity contribution in [1.82, 2.24) is 0 Å². The van der Waals surface area contributed by atoms with Gasteiger partial charge in [0.2, 0.25) is 6.29 Å². The number of carbonyl (C=O) groups is 1. The molecule has 0 spiro atoms. The first kappa shape index (κ1) is 67.1. The van der Waals surface area contributed by atoms with E-state index in [1.165, 1.54) is 12.5 Å². The molecule has 10 rings (SSSR count). The van der Waals surface area contributed by atoms with Crippen molar-refractivity contribution in [2.45, 2.75) is 266 Å². The van der Waals surface area contributed by atoms with Crippen molar-refractivity contribution in [3.63, 3.8) is 0 Å². The molecule has 27 nitrogen and oxygen atoms in total. The van der Waals surface area contributed by atoms with E-state index in [1.807, 2.05) is 6.92 Å². The molecule has 0 radical (unpaired) electrons. The number of aliphatic hydroxyl groups excluding tert-OH is 16. The molecular formula is C59H96O27. The summed E-state index contributed by atoms with van der Waals surface area (Å²) in [5, 5.41) is 172. The van der Waals surface area contributed by atoms with E-state index in [2.05, 4.69) is 40.7 Å². The summed E-state index contributed by atoms with van der Waals surface area (Å²) in [6.45, 7) is 12.0. The lowest BCUT2D eigenvalue weighted by Crippen LogP contribution is -2.67. The monoisotopic (exact) mass is 1240 g/mol. The minimum atomic E-state index is -1.91. The third-order valence-electron chi connectivity index (χ3n) is 23.2. The number of aliphatic hydroxyl groups is 16. The zero-order chi connectivity index (χ0) is 62.7. The van der Waals surface area contributed by atoms with Crippen LogP contribution in [0.2, 0.25) is 0 Å². The lowest BCUT2D eigenvalue weighted by molar-refractivity contribution is -0.368. The molecule has 5 heterocycles. The second-order valence-corrected chi connectivity index (χ2v) is 28.5. The van der Waals surface area contributed by atoms with E-state index in [4.69, 9.17) is 47.4 Å². The average Bonchev–Trinajstić information content (AvgIpc) is 0.679. The van der Waals surface area contributed by atoms with Gasteiger partial charge in [-0.15, -0.1) is 0 Å². The largest absolute Gasteiger partial charge is 0.432 e. The predicted octanol–water partition coefficient (Wildman–Crippen LogP) is -3.57. The van der Waals surface area contributed by atoms with Crippen LogP contribution < -0.4 is 0 Å². The van der Waals surface area contributed by atoms with Gasteiger partial charge in [0, 0.05) is 5.41 Å². The Kier molecular flexibility index (Phi) is 19.4. The number of fused-ring (bicyclic) bond motifs is 7. The van der Waals surface area contributed by atoms with Gasteiger partial charge < -0.3 is 129 Å². The summed E-state index contributed by atoms with van der Waals surface area (Å²) in [6, 6.07) is 0. The van der Waals surface area contributed by atoms with Crippen molar-refractivity contribution in [2.24, 2.45) is 50.2 Å². The van der Waals surface area contributed by atoms with Gasteiger partial charge in [0.1, 0.15) is 110 Å². The maximum Gasteiger partial charge on any atom is 0.315 e. The fraction of sp³-hybridized carbons (Fsp3) is 0.949. The lowest BCUT2D eigenvalue weighted by Gasteiger charge is -2.71. The Hall–Kier alpha value is -1.79. The summed E-state index contributed by atoms with van der Waals surface area (Å²) >= 11 is 0. The van der Waals surface area contributed by atoms with Crippen molar-refractivity contribution in [1.29, 1.82) is 0 Å². The highest BCUT2D eigenvalue weighted by Gasteiger charge is 2.71. The third kappa shape index (κ3) is 11.2. The fourth-order valence-corrected chi connectivity index (χ4v) is 17.6. The highest BCUT2D eigenvalue weighted by molar-refractivity contribution is 5.79. The van der Waals surface area contributed by atoms with Crippen LogP contribution in [0.4, 0.5) is 0 Å². The molecule has 5 aliphatic carbocycles. The van der Waals surface area contributed by atoms with E-state index in [1.54, 1.807) is 0 Å². The van der Waals surface area contributed by atoms with E-state index >= 15 is 4.79 Å². The molecule has 0 amide bonds. The number of hydrogen-bond donors (Lipinski definition) is 16. The van der Waals surface area contributed by atoms with E-state index in [-0.39, 0.29) is 47.2 Å². The van der Waals surface area contributed by atoms with Crippen molar-refractivity contribution in [3.05, 3.63) is 11.6 Å². The first-order valence-corrected chi connectivity index (χ1v) is 30.8. The molecular weight excluding hydrogens is 1140 g/mol. The van der Waals surface area contributed by atoms with Crippen molar-refractivity contribution >= 4 is 5.97 Å². The van der Waals surface area contributed by atoms with E-state index in [9.17, 15) is 81.7 Å². The van der Waals surface area contributed by atoms with Gasteiger partial charge >= 0.3 is 5.97 Å². The molecule has 0 unspecified atom stereocenters. The average molecular weight is 1240 g/mol. The van der Waals surface area contributed by atoms with Crippen molar-refractivity contribution in [3.8, 4) is 0 Å². The van der Waals surface area contributed by atoms with Crippen LogP contribution in [0.15, 0.2) is 11.6 Å². The van der Waals surface area contributed by atoms with E-state index in [0.29, 0.717) is 57.8 Å². The topological polar surface area (TPSA) is 433 Å². The molecule has 4 saturated carbocycles. The second kappa shape index (κ2) is 24.9. The maximum absolute atomic E-state index is 15.2. The Balaban J connectivity index is 0.833. The number of rotatable bonds is 14. The predicted molar refractivity (Wildman–Crippen MR) is 289 cm³/mol. The highest BCUT2D eigenvalue weighted by atomic mass is 16.8. The molecule has 86 heavy (non-hydrogen) atoms. The molecule has 5 aliphatic heterocycles. The Morgan fingerprint density at radius 1 is 0.558 bits per heavy atom. The first-order valence-electron chi connectivity index (χ1n) is 30.8. The van der Waals surface area contributed by atoms with Crippen LogP contribution in [0.3, 0.4) is 0 Å². The molecule has 0 aromatic rings. The second-order valence-electron chi connectivity index (χ2n) is 28.5. The zero-order valence-corrected chi connectivity index (χ0v) is 50.0. The minimum absolute atomic E-state index is 0.0953. The molecule has 16 N–H and O–H groups in total. The zero-order valence-electron chi connectivity index (χ0n) is 50.0. The quantitative estimate of drug-likeness (QED) is 0.0454. The van der Waals surface area contributed by atoms with Crippen molar-refractivity contribution < 1.29 is 134 Å². The summed E-state index contributed by atoms with van der Waals surface area (Å²) in [5.74, 6) is -0.933. The summed E-state index contributed by atoms with van der Waals surface area (Å²) in [4.78, 5) is 15.2. The van der Waals surface area contributed by atoms with Crippen LogP contribution in [-0.2, 0) is 52.2 Å². The molecule has 0 aromatic heterocycles. The van der Waals surface area contributed by atoms with Gasteiger partial charge in [0.15, 0.2) is 25.2 Å². The molecule has 9 fully saturated rings. The number of esters is 1. The molecule has 27 heteroatoms. The number of hydrogen-bond acceptors (Lipinski definition) is 27. The summed E-state index contributed by atoms with van der Waals surface area (Å²) < 4.78 is 59.2. The Bertz CT molecular complexity index is 2380. The van der Waals surface area contributed by atoms with Gasteiger partial charge in [-0.25, -0.2) is 0 Å². The molecule has 0 bridgehead atoms. The van der Waals surface area contributed by atoms with Gasteiger partial charge in [0.05, 0.1) is 50.7 Å². The Morgan fingerprint density at radius 2 is 1.14 bits per heavy atom. The van der Waals surface area contributed by atoms with Crippen LogP contribution in [-0.4, -0.2) is 274 Å². The van der Waals surface area contributed by atoms with E-state index in [0.717, 1.165) is 6.42 Å². The summed E-state index contributed by atoms with van der Waals surface area (Å²) in [6.07, 6.45) is -31.2. The molecule has 494 valence electrons. The molecule has 0 aromatic carbocycles. The number of ether oxygens (including phenoxy) is 10. The SMILES string of the molecule is C[C@@H]1O[C@@H](O[C@H]2[C@H](O)[C@@H](O)[C@H](OC[C@H]3O[C@@H](OC(=O)[C@@]45CCC(C)(C)C[C@H]4C4=CC[C@@H]6[C@@]7(C)CC[C@@H](O[C@@H]8OC[C@H](O)[C@H](O)[C@H]8O[C@@H]8O[C@H](CO)[C@@H](O)[C@H](O)[C@H]8O)[C@@](C)(CO)[C@@H]7CC[C@@]6(C)[C@]4(C)CC5)[C@H](O)[C@@H](O)[C@@H]3O)O[C@@H]2CO)[C@H](O)[C@H](O)[C@H]1O. The third-order valence-corrected chi connectivity index (χ3v) is 23.2. The van der Waals surface area contributed by atoms with Crippen LogP contribution in [0.1, 0.15) is 113 Å². The van der Waals surface area contributed by atoms with Crippen LogP contribution in [0, 0.1) is 50.2 Å². The van der Waals surface area contributed by atoms with Crippen LogP contribution >= 0.6 is 0 Å². The summed E-state index contributed by atoms with van der Waals surface area (Å²) in [5.41, 5.74) is -2.06. The Labute approximate surface area is 499 Å². The van der Waals surface area contributed by atoms with Crippen molar-refractivity contribution in [2.75, 3.05) is 33.0 Å². The van der Waals surface area contributed by atoms with Crippen LogP contribution in [0.5, 0.6) is 0 Å². The normalized spacial score (nSPS) is 54.8. The molecule has 33 atom stereocenters. The van der Waals surface area contributed by atoms with Gasteiger partial charge in [-0.05, 0) is 111 Å². The summed E-state index contributed by atoms with van der Waals surface area (Å²) in [7, 11) is 0. The van der Waals surface area contributed by atoms with Gasteiger partial charge in [-0.3, -0.25) is 4.79 Å². The molecule has 5 saturated heterocycles. The maximum atomic E-state index is 15.2. The van der Waals surface area contributed by atoms with Gasteiger partial charge in [-0.1, -0.05) is 53.2 Å². The van der Waals surface area contributed by atoms with Gasteiger partial charge in [0.25, 0.3) is 0 Å². The lowest BCUT2D eigenvalue weighted by atomic mass is 9.33. The number of carbonyl (C=O) groups excluding carboxylic acids is 1. The fourth-order valence-electron chi connectivity index (χ4n) is 17.6.